The molecule has 0 fully saturated rings. The molecule has 0 aliphatic carbocycles. The second-order valence-corrected chi connectivity index (χ2v) is 5.50. The van der Waals surface area contributed by atoms with Gasteiger partial charge >= 0.3 is 0 Å². The van der Waals surface area contributed by atoms with Gasteiger partial charge in [0.25, 0.3) is 0 Å². The fraction of sp³-hybridized carbons (Fsp3) is 0.222. The summed E-state index contributed by atoms with van der Waals surface area (Å²) in [6.07, 6.45) is 2.77. The molecule has 2 aromatic carbocycles. The number of hydrogen-bond acceptors (Lipinski definition) is 8. The van der Waals surface area contributed by atoms with E-state index in [1.165, 1.54) is 36.7 Å². The first-order chi connectivity index (χ1) is 12.5. The predicted octanol–water partition coefficient (Wildman–Crippen LogP) is 0.520. The van der Waals surface area contributed by atoms with Gasteiger partial charge in [0.05, 0.1) is 38.9 Å². The largest absolute Gasteiger partial charge is 0.507 e. The highest BCUT2D eigenvalue weighted by molar-refractivity contribution is 5.84. The van der Waals surface area contributed by atoms with Crippen molar-refractivity contribution in [2.24, 2.45) is 10.2 Å². The van der Waals surface area contributed by atoms with Gasteiger partial charge in [-0.2, -0.15) is 10.2 Å². The first-order valence-electron chi connectivity index (χ1n) is 7.73. The summed E-state index contributed by atoms with van der Waals surface area (Å²) in [7, 11) is 0. The van der Waals surface area contributed by atoms with E-state index in [4.69, 9.17) is 0 Å². The molecule has 0 bridgehead atoms. The highest BCUT2D eigenvalue weighted by atomic mass is 16.3. The van der Waals surface area contributed by atoms with Crippen LogP contribution in [0.5, 0.6) is 11.5 Å². The van der Waals surface area contributed by atoms with Gasteiger partial charge in [-0.05, 0) is 35.4 Å². The Morgan fingerprint density at radius 3 is 1.08 bits per heavy atom. The smallest absolute Gasteiger partial charge is 0.126 e. The maximum Gasteiger partial charge on any atom is 0.126 e. The molecule has 0 aliphatic heterocycles. The molecular weight excluding hydrogens is 340 g/mol. The highest BCUT2D eigenvalue weighted by Crippen LogP contribution is 2.25. The molecule has 2 rings (SSSR count). The summed E-state index contributed by atoms with van der Waals surface area (Å²) >= 11 is 0. The zero-order valence-electron chi connectivity index (χ0n) is 13.9. The molecule has 0 amide bonds. The zero-order valence-corrected chi connectivity index (χ0v) is 13.9. The molecule has 0 saturated heterocycles. The lowest BCUT2D eigenvalue weighted by molar-refractivity contribution is 0.263. The molecule has 0 saturated carbocycles. The Hall–Kier alpha value is -2.78. The van der Waals surface area contributed by atoms with E-state index in [9.17, 15) is 30.6 Å². The summed E-state index contributed by atoms with van der Waals surface area (Å²) < 4.78 is 0. The van der Waals surface area contributed by atoms with Crippen molar-refractivity contribution in [3.8, 4) is 11.5 Å². The normalized spacial score (nSPS) is 11.7. The van der Waals surface area contributed by atoms with Crippen LogP contribution in [0.25, 0.3) is 0 Å². The van der Waals surface area contributed by atoms with E-state index in [1.807, 2.05) is 0 Å². The van der Waals surface area contributed by atoms with Gasteiger partial charge < -0.3 is 30.6 Å². The van der Waals surface area contributed by atoms with Crippen molar-refractivity contribution < 1.29 is 30.6 Å². The maximum absolute atomic E-state index is 9.80. The van der Waals surface area contributed by atoms with Crippen LogP contribution in [0.15, 0.2) is 34.5 Å². The number of aliphatic hydroxyl groups excluding tert-OH is 4. The first kappa shape index (κ1) is 19.5. The van der Waals surface area contributed by atoms with E-state index >= 15 is 0 Å². The molecule has 8 heteroatoms. The van der Waals surface area contributed by atoms with Crippen molar-refractivity contribution in [2.45, 2.75) is 26.4 Å². The van der Waals surface area contributed by atoms with E-state index in [1.54, 1.807) is 0 Å². The van der Waals surface area contributed by atoms with Gasteiger partial charge in [0.1, 0.15) is 11.5 Å². The molecular formula is C18H20N2O6. The van der Waals surface area contributed by atoms with Gasteiger partial charge in [0, 0.05) is 22.3 Å². The van der Waals surface area contributed by atoms with Crippen molar-refractivity contribution in [1.82, 2.24) is 0 Å². The van der Waals surface area contributed by atoms with Crippen LogP contribution in [0, 0.1) is 0 Å². The van der Waals surface area contributed by atoms with Crippen LogP contribution in [0.1, 0.15) is 33.4 Å². The minimum atomic E-state index is -0.384. The van der Waals surface area contributed by atoms with Crippen LogP contribution in [-0.2, 0) is 26.4 Å². The van der Waals surface area contributed by atoms with Crippen molar-refractivity contribution in [3.05, 3.63) is 57.6 Å². The summed E-state index contributed by atoms with van der Waals surface area (Å²) in [5.74, 6) is -0.319. The van der Waals surface area contributed by atoms with Gasteiger partial charge in [-0.3, -0.25) is 0 Å². The molecule has 0 unspecified atom stereocenters. The molecule has 0 radical (unpaired) electrons. The fourth-order valence-corrected chi connectivity index (χ4v) is 2.41. The summed E-state index contributed by atoms with van der Waals surface area (Å²) in [6.45, 7) is -1.54. The van der Waals surface area contributed by atoms with Gasteiger partial charge in [0.15, 0.2) is 0 Å². The molecule has 138 valence electrons. The third-order valence-corrected chi connectivity index (χ3v) is 3.74. The molecule has 0 atom stereocenters. The zero-order chi connectivity index (χ0) is 19.1. The van der Waals surface area contributed by atoms with E-state index in [0.717, 1.165) is 0 Å². The monoisotopic (exact) mass is 360 g/mol. The van der Waals surface area contributed by atoms with Crippen molar-refractivity contribution >= 4 is 12.4 Å². The third kappa shape index (κ3) is 4.44. The molecule has 0 aromatic heterocycles. The average Bonchev–Trinajstić information content (AvgIpc) is 2.66. The Bertz CT molecular complexity index is 713. The van der Waals surface area contributed by atoms with Crippen LogP contribution in [0.4, 0.5) is 0 Å². The fourth-order valence-electron chi connectivity index (χ4n) is 2.41. The Kier molecular flexibility index (Phi) is 6.81. The number of aliphatic hydroxyl groups is 4. The first-order valence-corrected chi connectivity index (χ1v) is 7.73. The molecule has 0 heterocycles. The number of hydrogen-bond donors (Lipinski definition) is 6. The van der Waals surface area contributed by atoms with Gasteiger partial charge in [0.2, 0.25) is 0 Å². The molecule has 8 nitrogen and oxygen atoms in total. The summed E-state index contributed by atoms with van der Waals surface area (Å²) in [5.41, 5.74) is 2.12. The average molecular weight is 360 g/mol. The highest BCUT2D eigenvalue weighted by Gasteiger charge is 2.09. The van der Waals surface area contributed by atoms with Crippen LogP contribution in [0.3, 0.4) is 0 Å². The van der Waals surface area contributed by atoms with Crippen molar-refractivity contribution in [2.75, 3.05) is 0 Å². The lowest BCUT2D eigenvalue weighted by Crippen LogP contribution is -1.95. The Labute approximate surface area is 149 Å². The number of phenols is 2. The lowest BCUT2D eigenvalue weighted by Gasteiger charge is -2.08. The predicted molar refractivity (Wildman–Crippen MR) is 95.1 cm³/mol. The minimum absolute atomic E-state index is 0.159. The van der Waals surface area contributed by atoms with Crippen molar-refractivity contribution in [3.63, 3.8) is 0 Å². The van der Waals surface area contributed by atoms with Crippen LogP contribution in [-0.4, -0.2) is 43.1 Å². The van der Waals surface area contributed by atoms with Gasteiger partial charge in [-0.15, -0.1) is 0 Å². The number of benzene rings is 2. The lowest BCUT2D eigenvalue weighted by atomic mass is 10.1. The molecule has 0 aliphatic rings. The standard InChI is InChI=1S/C18H20N2O6/c21-7-13-1-11(2-14(8-22)17(13)25)5-19-20-6-12-3-15(9-23)18(26)16(4-12)10-24/h1-6,21-26H,7-10H2. The van der Waals surface area contributed by atoms with E-state index in [2.05, 4.69) is 10.2 Å². The summed E-state index contributed by atoms with van der Waals surface area (Å²) in [4.78, 5) is 0. The van der Waals surface area contributed by atoms with E-state index in [0.29, 0.717) is 11.1 Å². The van der Waals surface area contributed by atoms with Crippen LogP contribution >= 0.6 is 0 Å². The third-order valence-electron chi connectivity index (χ3n) is 3.74. The number of aromatic hydroxyl groups is 2. The second-order valence-electron chi connectivity index (χ2n) is 5.50. The van der Waals surface area contributed by atoms with Crippen LogP contribution < -0.4 is 0 Å². The Morgan fingerprint density at radius 2 is 0.846 bits per heavy atom. The Morgan fingerprint density at radius 1 is 0.577 bits per heavy atom. The second kappa shape index (κ2) is 9.07. The topological polar surface area (TPSA) is 146 Å². The van der Waals surface area contributed by atoms with Gasteiger partial charge in [-0.25, -0.2) is 0 Å². The summed E-state index contributed by atoms with van der Waals surface area (Å²) in [5, 5.41) is 64.2. The maximum atomic E-state index is 9.80. The van der Waals surface area contributed by atoms with Gasteiger partial charge in [-0.1, -0.05) is 0 Å². The number of nitrogens with zero attached hydrogens (tertiary/aromatic N) is 2. The summed E-state index contributed by atoms with van der Waals surface area (Å²) in [6, 6.07) is 6.06. The molecule has 6 N–H and O–H groups in total. The quantitative estimate of drug-likeness (QED) is 0.313. The van der Waals surface area contributed by atoms with Crippen LogP contribution in [0.2, 0.25) is 0 Å². The molecule has 0 spiro atoms. The minimum Gasteiger partial charge on any atom is -0.507 e. The van der Waals surface area contributed by atoms with E-state index < -0.39 is 0 Å². The molecule has 2 aromatic rings. The Balaban J connectivity index is 2.23. The SMILES string of the molecule is OCc1cc(C=NN=Cc2cc(CO)c(O)c(CO)c2)cc(CO)c1O. The van der Waals surface area contributed by atoms with Crippen molar-refractivity contribution in [1.29, 1.82) is 0 Å². The molecule has 26 heavy (non-hydrogen) atoms. The number of rotatable bonds is 7. The van der Waals surface area contributed by atoms with E-state index in [-0.39, 0.29) is 60.2 Å².